The van der Waals surface area contributed by atoms with Crippen LogP contribution < -0.4 is 0 Å². The van der Waals surface area contributed by atoms with E-state index < -0.39 is 4.92 Å². The van der Waals surface area contributed by atoms with Crippen LogP contribution in [0.25, 0.3) is 0 Å². The highest BCUT2D eigenvalue weighted by molar-refractivity contribution is 9.09. The van der Waals surface area contributed by atoms with Gasteiger partial charge in [-0.05, 0) is 32.3 Å². The van der Waals surface area contributed by atoms with Crippen molar-refractivity contribution in [1.82, 2.24) is 4.90 Å². The van der Waals surface area contributed by atoms with Crippen LogP contribution in [0.3, 0.4) is 0 Å². The molecule has 0 aliphatic carbocycles. The predicted molar refractivity (Wildman–Crippen MR) is 80.3 cm³/mol. The van der Waals surface area contributed by atoms with Crippen molar-refractivity contribution in [3.63, 3.8) is 0 Å². The Morgan fingerprint density at radius 2 is 2.25 bits per heavy atom. The molecule has 0 radical (unpaired) electrons. The minimum Gasteiger partial charge on any atom is -0.335 e. The Hall–Kier alpha value is -1.43. The van der Waals surface area contributed by atoms with Crippen LogP contribution in [0.2, 0.25) is 0 Å². The molecule has 0 aromatic heterocycles. The summed E-state index contributed by atoms with van der Waals surface area (Å²) in [5.41, 5.74) is 0.973. The largest absolute Gasteiger partial charge is 0.335 e. The van der Waals surface area contributed by atoms with E-state index in [4.69, 9.17) is 0 Å². The number of aryl methyl sites for hydroxylation is 1. The molecule has 1 aromatic rings. The number of piperidine rings is 1. The molecular weight excluding hydrogens is 324 g/mol. The van der Waals surface area contributed by atoms with Crippen LogP contribution in [0, 0.1) is 17.0 Å². The number of amides is 1. The maximum absolute atomic E-state index is 12.5. The number of likely N-dealkylation sites (tertiary alicyclic amines) is 1. The molecule has 108 valence electrons. The summed E-state index contributed by atoms with van der Waals surface area (Å²) in [6.07, 6.45) is 3.09. The van der Waals surface area contributed by atoms with Crippen LogP contribution in [0.1, 0.15) is 35.2 Å². The lowest BCUT2D eigenvalue weighted by Crippen LogP contribution is -2.44. The molecule has 6 heteroatoms. The van der Waals surface area contributed by atoms with E-state index in [0.29, 0.717) is 11.1 Å². The molecule has 1 fully saturated rings. The molecule has 0 spiro atoms. The molecule has 1 aliphatic heterocycles. The third kappa shape index (κ3) is 3.00. The minimum atomic E-state index is -0.440. The Bertz CT molecular complexity index is 533. The van der Waals surface area contributed by atoms with E-state index in [-0.39, 0.29) is 17.6 Å². The topological polar surface area (TPSA) is 63.5 Å². The summed E-state index contributed by atoms with van der Waals surface area (Å²) >= 11 is 3.44. The number of nitro groups is 1. The Balaban J connectivity index is 2.28. The molecule has 2 rings (SSSR count). The van der Waals surface area contributed by atoms with Crippen molar-refractivity contribution in [2.24, 2.45) is 0 Å². The van der Waals surface area contributed by atoms with Crippen molar-refractivity contribution in [1.29, 1.82) is 0 Å². The van der Waals surface area contributed by atoms with Crippen LogP contribution >= 0.6 is 15.9 Å². The van der Waals surface area contributed by atoms with Gasteiger partial charge in [0.25, 0.3) is 11.6 Å². The first-order valence-corrected chi connectivity index (χ1v) is 7.78. The fourth-order valence-corrected chi connectivity index (χ4v) is 3.21. The lowest BCUT2D eigenvalue weighted by molar-refractivity contribution is -0.385. The average molecular weight is 341 g/mol. The number of halogens is 1. The van der Waals surface area contributed by atoms with Crippen molar-refractivity contribution >= 4 is 27.5 Å². The first-order chi connectivity index (χ1) is 9.54. The molecule has 20 heavy (non-hydrogen) atoms. The van der Waals surface area contributed by atoms with E-state index in [1.807, 2.05) is 4.90 Å². The molecule has 1 aromatic carbocycles. The molecule has 1 saturated heterocycles. The second-order valence-corrected chi connectivity index (χ2v) is 5.71. The summed E-state index contributed by atoms with van der Waals surface area (Å²) in [6, 6.07) is 4.87. The maximum atomic E-state index is 12.5. The van der Waals surface area contributed by atoms with Crippen molar-refractivity contribution < 1.29 is 9.72 Å². The number of benzene rings is 1. The molecule has 0 N–H and O–H groups in total. The van der Waals surface area contributed by atoms with E-state index in [1.54, 1.807) is 19.1 Å². The van der Waals surface area contributed by atoms with Crippen molar-refractivity contribution in [2.75, 3.05) is 11.9 Å². The second-order valence-electron chi connectivity index (χ2n) is 5.06. The van der Waals surface area contributed by atoms with E-state index >= 15 is 0 Å². The Labute approximate surface area is 126 Å². The van der Waals surface area contributed by atoms with Gasteiger partial charge in [0.05, 0.1) is 4.92 Å². The second kappa shape index (κ2) is 6.35. The zero-order valence-corrected chi connectivity index (χ0v) is 12.9. The number of hydrogen-bond acceptors (Lipinski definition) is 3. The number of carbonyl (C=O) groups excluding carboxylic acids is 1. The number of hydrogen-bond donors (Lipinski definition) is 0. The average Bonchev–Trinajstić information content (AvgIpc) is 2.46. The fourth-order valence-electron chi connectivity index (χ4n) is 2.53. The summed E-state index contributed by atoms with van der Waals surface area (Å²) in [6.45, 7) is 2.39. The van der Waals surface area contributed by atoms with Gasteiger partial charge in [-0.25, -0.2) is 0 Å². The highest BCUT2D eigenvalue weighted by Crippen LogP contribution is 2.24. The van der Waals surface area contributed by atoms with E-state index in [9.17, 15) is 14.9 Å². The number of alkyl halides is 1. The summed E-state index contributed by atoms with van der Waals surface area (Å²) in [5, 5.41) is 11.7. The monoisotopic (exact) mass is 340 g/mol. The molecule has 1 heterocycles. The molecule has 1 amide bonds. The van der Waals surface area contributed by atoms with Gasteiger partial charge in [0.2, 0.25) is 0 Å². The SMILES string of the molecule is Cc1ccc(C(=O)N2CCCCC2CBr)cc1[N+](=O)[O-]. The highest BCUT2D eigenvalue weighted by Gasteiger charge is 2.27. The van der Waals surface area contributed by atoms with Gasteiger partial charge >= 0.3 is 0 Å². The van der Waals surface area contributed by atoms with Crippen LogP contribution in [0.15, 0.2) is 18.2 Å². The minimum absolute atomic E-state index is 0.00301. The summed E-state index contributed by atoms with van der Waals surface area (Å²) in [4.78, 5) is 24.9. The molecule has 1 atom stereocenters. The third-order valence-electron chi connectivity index (χ3n) is 3.72. The molecule has 0 saturated carbocycles. The summed E-state index contributed by atoms with van der Waals surface area (Å²) in [7, 11) is 0. The van der Waals surface area contributed by atoms with Gasteiger partial charge in [-0.15, -0.1) is 0 Å². The molecule has 1 aliphatic rings. The summed E-state index contributed by atoms with van der Waals surface area (Å²) in [5.74, 6) is -0.114. The van der Waals surface area contributed by atoms with Crippen LogP contribution in [0.5, 0.6) is 0 Å². The number of nitrogens with zero attached hydrogens (tertiary/aromatic N) is 2. The van der Waals surface area contributed by atoms with Gasteiger partial charge in [0, 0.05) is 35.1 Å². The summed E-state index contributed by atoms with van der Waals surface area (Å²) < 4.78 is 0. The van der Waals surface area contributed by atoms with Gasteiger partial charge in [0.15, 0.2) is 0 Å². The maximum Gasteiger partial charge on any atom is 0.273 e. The lowest BCUT2D eigenvalue weighted by atomic mass is 10.0. The highest BCUT2D eigenvalue weighted by atomic mass is 79.9. The zero-order valence-electron chi connectivity index (χ0n) is 11.3. The van der Waals surface area contributed by atoms with E-state index in [2.05, 4.69) is 15.9 Å². The Kier molecular flexibility index (Phi) is 4.75. The van der Waals surface area contributed by atoms with Crippen LogP contribution in [-0.4, -0.2) is 33.6 Å². The number of carbonyl (C=O) groups is 1. The van der Waals surface area contributed by atoms with Gasteiger partial charge in [0.1, 0.15) is 0 Å². The standard InChI is InChI=1S/C14H17BrN2O3/c1-10-5-6-11(8-13(10)17(19)20)14(18)16-7-3-2-4-12(16)9-15/h5-6,8,12H,2-4,7,9H2,1H3. The molecule has 5 nitrogen and oxygen atoms in total. The molecule has 0 bridgehead atoms. The van der Waals surface area contributed by atoms with E-state index in [0.717, 1.165) is 31.1 Å². The van der Waals surface area contributed by atoms with Gasteiger partial charge < -0.3 is 4.90 Å². The quantitative estimate of drug-likeness (QED) is 0.481. The number of nitro benzene ring substituents is 1. The van der Waals surface area contributed by atoms with Crippen molar-refractivity contribution in [3.05, 3.63) is 39.4 Å². The normalized spacial score (nSPS) is 18.9. The number of rotatable bonds is 3. The van der Waals surface area contributed by atoms with Crippen molar-refractivity contribution in [3.8, 4) is 0 Å². The first-order valence-electron chi connectivity index (χ1n) is 6.66. The van der Waals surface area contributed by atoms with Crippen molar-refractivity contribution in [2.45, 2.75) is 32.2 Å². The first kappa shape index (κ1) is 15.0. The van der Waals surface area contributed by atoms with Crippen LogP contribution in [0.4, 0.5) is 5.69 Å². The Morgan fingerprint density at radius 1 is 1.50 bits per heavy atom. The Morgan fingerprint density at radius 3 is 2.90 bits per heavy atom. The fraction of sp³-hybridized carbons (Fsp3) is 0.500. The zero-order chi connectivity index (χ0) is 14.7. The molecule has 1 unspecified atom stereocenters. The van der Waals surface area contributed by atoms with Gasteiger partial charge in [-0.2, -0.15) is 0 Å². The molecular formula is C14H17BrN2O3. The predicted octanol–water partition coefficient (Wildman–Crippen LogP) is 3.29. The smallest absolute Gasteiger partial charge is 0.273 e. The van der Waals surface area contributed by atoms with Crippen LogP contribution in [-0.2, 0) is 0 Å². The van der Waals surface area contributed by atoms with E-state index in [1.165, 1.54) is 6.07 Å². The van der Waals surface area contributed by atoms with Gasteiger partial charge in [-0.1, -0.05) is 22.0 Å². The lowest BCUT2D eigenvalue weighted by Gasteiger charge is -2.34. The van der Waals surface area contributed by atoms with Gasteiger partial charge in [-0.3, -0.25) is 14.9 Å². The third-order valence-corrected chi connectivity index (χ3v) is 4.47.